The Morgan fingerprint density at radius 2 is 1.79 bits per heavy atom. The van der Waals surface area contributed by atoms with Crippen molar-refractivity contribution in [3.05, 3.63) is 71.0 Å². The summed E-state index contributed by atoms with van der Waals surface area (Å²) in [5, 5.41) is 6.64. The number of aliphatic imine (C=N–C) groups is 1. The molecule has 0 heterocycles. The van der Waals surface area contributed by atoms with Gasteiger partial charge >= 0.3 is 0 Å². The zero-order valence-corrected chi connectivity index (χ0v) is 17.7. The smallest absolute Gasteiger partial charge is 0.191 e. The Bertz CT molecular complexity index is 968. The van der Waals surface area contributed by atoms with E-state index in [-0.39, 0.29) is 17.0 Å². The van der Waals surface area contributed by atoms with E-state index in [2.05, 4.69) is 15.6 Å². The highest BCUT2D eigenvalue weighted by Gasteiger charge is 2.44. The number of sulfone groups is 1. The van der Waals surface area contributed by atoms with E-state index in [1.807, 2.05) is 37.3 Å². The Labute approximate surface area is 172 Å². The van der Waals surface area contributed by atoms with Gasteiger partial charge in [0.25, 0.3) is 0 Å². The number of nitrogens with one attached hydrogen (secondary N) is 2. The molecule has 1 saturated carbocycles. The van der Waals surface area contributed by atoms with Gasteiger partial charge in [0.2, 0.25) is 0 Å². The van der Waals surface area contributed by atoms with E-state index in [9.17, 15) is 12.8 Å². The lowest BCUT2D eigenvalue weighted by molar-refractivity contribution is 0.601. The third-order valence-corrected chi connectivity index (χ3v) is 5.96. The van der Waals surface area contributed by atoms with Crippen LogP contribution in [0.3, 0.4) is 0 Å². The van der Waals surface area contributed by atoms with Crippen molar-refractivity contribution in [2.45, 2.75) is 37.5 Å². The summed E-state index contributed by atoms with van der Waals surface area (Å²) in [4.78, 5) is 4.63. The van der Waals surface area contributed by atoms with Crippen LogP contribution in [-0.2, 0) is 27.5 Å². The molecule has 1 aliphatic rings. The maximum Gasteiger partial charge on any atom is 0.191 e. The molecule has 29 heavy (non-hydrogen) atoms. The van der Waals surface area contributed by atoms with Crippen molar-refractivity contribution in [3.8, 4) is 0 Å². The molecular weight excluding hydrogens is 389 g/mol. The van der Waals surface area contributed by atoms with Crippen LogP contribution in [0.15, 0.2) is 53.5 Å². The van der Waals surface area contributed by atoms with Crippen LogP contribution >= 0.6 is 0 Å². The van der Waals surface area contributed by atoms with Gasteiger partial charge in [-0.15, -0.1) is 0 Å². The molecule has 0 aliphatic heterocycles. The second kappa shape index (κ2) is 8.95. The van der Waals surface area contributed by atoms with Gasteiger partial charge in [0.1, 0.15) is 5.82 Å². The second-order valence-electron chi connectivity index (χ2n) is 7.73. The van der Waals surface area contributed by atoms with Crippen molar-refractivity contribution >= 4 is 15.8 Å². The standard InChI is InChI=1S/C22H28FN3O2S/c1-3-24-21(25-14-17-7-9-18(10-8-17)15-29(2,27)28)26-16-22(11-12-22)19-5-4-6-20(23)13-19/h4-10,13H,3,11-12,14-16H2,1-2H3,(H2,24,25,26). The Balaban J connectivity index is 1.61. The first-order valence-electron chi connectivity index (χ1n) is 9.83. The molecule has 156 valence electrons. The Morgan fingerprint density at radius 3 is 2.38 bits per heavy atom. The summed E-state index contributed by atoms with van der Waals surface area (Å²) >= 11 is 0. The van der Waals surface area contributed by atoms with Crippen molar-refractivity contribution in [3.63, 3.8) is 0 Å². The van der Waals surface area contributed by atoms with Gasteiger partial charge in [0, 0.05) is 24.8 Å². The molecule has 1 fully saturated rings. The number of guanidine groups is 1. The average Bonchev–Trinajstić information content (AvgIpc) is 3.45. The van der Waals surface area contributed by atoms with Crippen molar-refractivity contribution in [1.82, 2.24) is 10.6 Å². The normalized spacial score (nSPS) is 15.8. The van der Waals surface area contributed by atoms with Gasteiger partial charge in [-0.3, -0.25) is 0 Å². The first-order chi connectivity index (χ1) is 13.8. The van der Waals surface area contributed by atoms with E-state index in [0.717, 1.165) is 42.0 Å². The van der Waals surface area contributed by atoms with Gasteiger partial charge in [-0.05, 0) is 48.6 Å². The maximum absolute atomic E-state index is 13.6. The van der Waals surface area contributed by atoms with Gasteiger partial charge in [-0.2, -0.15) is 0 Å². The first-order valence-corrected chi connectivity index (χ1v) is 11.9. The van der Waals surface area contributed by atoms with Crippen molar-refractivity contribution < 1.29 is 12.8 Å². The van der Waals surface area contributed by atoms with Crippen LogP contribution in [0.5, 0.6) is 0 Å². The van der Waals surface area contributed by atoms with Crippen LogP contribution in [0.1, 0.15) is 36.5 Å². The van der Waals surface area contributed by atoms with Gasteiger partial charge in [0.15, 0.2) is 15.8 Å². The number of benzene rings is 2. The summed E-state index contributed by atoms with van der Waals surface area (Å²) < 4.78 is 36.4. The summed E-state index contributed by atoms with van der Waals surface area (Å²) in [5.74, 6) is 0.562. The average molecular weight is 418 g/mol. The molecule has 1 aliphatic carbocycles. The molecule has 0 bridgehead atoms. The molecule has 0 unspecified atom stereocenters. The fourth-order valence-electron chi connectivity index (χ4n) is 3.35. The number of halogens is 1. The first kappa shape index (κ1) is 21.3. The lowest BCUT2D eigenvalue weighted by Crippen LogP contribution is -2.41. The Kier molecular flexibility index (Phi) is 6.57. The molecule has 0 saturated heterocycles. The number of nitrogens with zero attached hydrogens (tertiary/aromatic N) is 1. The van der Waals surface area contributed by atoms with E-state index in [1.54, 1.807) is 12.1 Å². The molecular formula is C22H28FN3O2S. The molecule has 3 rings (SSSR count). The van der Waals surface area contributed by atoms with Gasteiger partial charge in [-0.1, -0.05) is 36.4 Å². The fraction of sp³-hybridized carbons (Fsp3) is 0.409. The van der Waals surface area contributed by atoms with Crippen LogP contribution in [0.25, 0.3) is 0 Å². The lowest BCUT2D eigenvalue weighted by atomic mass is 9.96. The van der Waals surface area contributed by atoms with E-state index in [4.69, 9.17) is 0 Å². The van der Waals surface area contributed by atoms with Gasteiger partial charge in [-0.25, -0.2) is 17.8 Å². The zero-order chi connectivity index (χ0) is 20.9. The molecule has 7 heteroatoms. The van der Waals surface area contributed by atoms with E-state index >= 15 is 0 Å². The lowest BCUT2D eigenvalue weighted by Gasteiger charge is -2.19. The summed E-state index contributed by atoms with van der Waals surface area (Å²) in [5.41, 5.74) is 2.79. The highest BCUT2D eigenvalue weighted by Crippen LogP contribution is 2.47. The third kappa shape index (κ3) is 6.29. The SMILES string of the molecule is CCNC(=NCc1ccc(CS(C)(=O)=O)cc1)NCC1(c2cccc(F)c2)CC1. The molecule has 0 amide bonds. The second-order valence-corrected chi connectivity index (χ2v) is 9.87. The fourth-order valence-corrected chi connectivity index (χ4v) is 4.14. The monoisotopic (exact) mass is 417 g/mol. The molecule has 0 spiro atoms. The topological polar surface area (TPSA) is 70.6 Å². The van der Waals surface area contributed by atoms with Crippen molar-refractivity contribution in [2.75, 3.05) is 19.3 Å². The summed E-state index contributed by atoms with van der Waals surface area (Å²) in [6.45, 7) is 3.94. The van der Waals surface area contributed by atoms with Crippen LogP contribution in [0.2, 0.25) is 0 Å². The Morgan fingerprint density at radius 1 is 1.10 bits per heavy atom. The predicted octanol–water partition coefficient (Wildman–Crippen LogP) is 3.16. The molecule has 0 radical (unpaired) electrons. The van der Waals surface area contributed by atoms with Crippen molar-refractivity contribution in [1.29, 1.82) is 0 Å². The minimum atomic E-state index is -3.04. The number of rotatable bonds is 8. The van der Waals surface area contributed by atoms with Gasteiger partial charge < -0.3 is 10.6 Å². The van der Waals surface area contributed by atoms with Crippen LogP contribution in [0, 0.1) is 5.82 Å². The molecule has 0 atom stereocenters. The summed E-state index contributed by atoms with van der Waals surface area (Å²) in [6.07, 6.45) is 3.30. The molecule has 0 aromatic heterocycles. The van der Waals surface area contributed by atoms with Crippen molar-refractivity contribution in [2.24, 2.45) is 4.99 Å². The minimum absolute atomic E-state index is 0.0222. The minimum Gasteiger partial charge on any atom is -0.357 e. The highest BCUT2D eigenvalue weighted by atomic mass is 32.2. The third-order valence-electron chi connectivity index (χ3n) is 5.10. The molecule has 2 aromatic rings. The van der Waals surface area contributed by atoms with E-state index in [1.165, 1.54) is 12.3 Å². The molecule has 2 N–H and O–H groups in total. The van der Waals surface area contributed by atoms with Gasteiger partial charge in [0.05, 0.1) is 12.3 Å². The number of hydrogen-bond donors (Lipinski definition) is 2. The highest BCUT2D eigenvalue weighted by molar-refractivity contribution is 7.89. The largest absolute Gasteiger partial charge is 0.357 e. The van der Waals surface area contributed by atoms with Crippen LogP contribution in [0.4, 0.5) is 4.39 Å². The van der Waals surface area contributed by atoms with Crippen LogP contribution in [-0.4, -0.2) is 33.7 Å². The Hall–Kier alpha value is -2.41. The zero-order valence-electron chi connectivity index (χ0n) is 16.9. The predicted molar refractivity (Wildman–Crippen MR) is 115 cm³/mol. The quantitative estimate of drug-likeness (QED) is 0.511. The maximum atomic E-state index is 13.6. The van der Waals surface area contributed by atoms with E-state index < -0.39 is 9.84 Å². The number of hydrogen-bond acceptors (Lipinski definition) is 3. The molecule has 2 aromatic carbocycles. The van der Waals surface area contributed by atoms with Crippen LogP contribution < -0.4 is 10.6 Å². The van der Waals surface area contributed by atoms with E-state index in [0.29, 0.717) is 13.1 Å². The summed E-state index contributed by atoms with van der Waals surface area (Å²) in [6, 6.07) is 14.3. The molecule has 5 nitrogen and oxygen atoms in total. The summed E-state index contributed by atoms with van der Waals surface area (Å²) in [7, 11) is -3.04.